The molecule has 6 nitrogen and oxygen atoms in total. The molecule has 0 unspecified atom stereocenters. The van der Waals surface area contributed by atoms with E-state index >= 15 is 0 Å². The summed E-state index contributed by atoms with van der Waals surface area (Å²) in [5.74, 6) is 0.619. The van der Waals surface area contributed by atoms with Crippen molar-refractivity contribution < 1.29 is 17.9 Å². The molecular weight excluding hydrogens is 364 g/mol. The van der Waals surface area contributed by atoms with Gasteiger partial charge in [0, 0.05) is 18.7 Å². The van der Waals surface area contributed by atoms with Crippen molar-refractivity contribution >= 4 is 21.6 Å². The van der Waals surface area contributed by atoms with Gasteiger partial charge in [-0.05, 0) is 62.7 Å². The molecule has 0 spiro atoms. The van der Waals surface area contributed by atoms with Crippen molar-refractivity contribution in [2.45, 2.75) is 27.3 Å². The van der Waals surface area contributed by atoms with E-state index in [0.29, 0.717) is 30.9 Å². The van der Waals surface area contributed by atoms with Crippen LogP contribution in [0.15, 0.2) is 48.5 Å². The highest BCUT2D eigenvalue weighted by Crippen LogP contribution is 2.19. The maximum Gasteiger partial charge on any atom is 0.251 e. The summed E-state index contributed by atoms with van der Waals surface area (Å²) in [4.78, 5) is 12.3. The van der Waals surface area contributed by atoms with Crippen LogP contribution in [0.4, 0.5) is 5.69 Å². The highest BCUT2D eigenvalue weighted by Gasteiger charge is 2.18. The van der Waals surface area contributed by atoms with Crippen LogP contribution < -0.4 is 14.4 Å². The number of hydrogen-bond donors (Lipinski definition) is 1. The summed E-state index contributed by atoms with van der Waals surface area (Å²) in [5.41, 5.74) is 2.01. The molecule has 2 aromatic carbocycles. The predicted molar refractivity (Wildman–Crippen MR) is 108 cm³/mol. The lowest BCUT2D eigenvalue weighted by atomic mass is 10.1. The first-order valence-corrected chi connectivity index (χ1v) is 10.6. The molecule has 2 rings (SSSR count). The number of amides is 1. The molecule has 146 valence electrons. The zero-order valence-corrected chi connectivity index (χ0v) is 16.8. The second-order valence-corrected chi connectivity index (χ2v) is 8.05. The first-order valence-electron chi connectivity index (χ1n) is 9.01. The van der Waals surface area contributed by atoms with Gasteiger partial charge in [-0.2, -0.15) is 0 Å². The molecule has 0 saturated carbocycles. The largest absolute Gasteiger partial charge is 0.494 e. The van der Waals surface area contributed by atoms with Crippen LogP contribution in [0.3, 0.4) is 0 Å². The standard InChI is InChI=1S/C20H26N2O4S/c1-4-22(27(24,25)6-3)18-11-9-17(10-12-18)20(23)21-15-16-7-13-19(14-8-16)26-5-2/h7-14H,4-6,15H2,1-3H3,(H,21,23). The fraction of sp³-hybridized carbons (Fsp3) is 0.350. The van der Waals surface area contributed by atoms with Crippen molar-refractivity contribution in [2.24, 2.45) is 0 Å². The minimum atomic E-state index is -3.33. The average molecular weight is 391 g/mol. The summed E-state index contributed by atoms with van der Waals surface area (Å²) in [6.07, 6.45) is 0. The van der Waals surface area contributed by atoms with Crippen LogP contribution in [-0.2, 0) is 16.6 Å². The van der Waals surface area contributed by atoms with Crippen molar-refractivity contribution in [3.63, 3.8) is 0 Å². The fourth-order valence-electron chi connectivity index (χ4n) is 2.63. The third-order valence-corrected chi connectivity index (χ3v) is 5.96. The van der Waals surface area contributed by atoms with E-state index in [9.17, 15) is 13.2 Å². The van der Waals surface area contributed by atoms with Gasteiger partial charge in [0.25, 0.3) is 5.91 Å². The summed E-state index contributed by atoms with van der Waals surface area (Å²) in [6, 6.07) is 14.1. The van der Waals surface area contributed by atoms with Gasteiger partial charge < -0.3 is 10.1 Å². The number of sulfonamides is 1. The van der Waals surface area contributed by atoms with Crippen LogP contribution in [0.1, 0.15) is 36.7 Å². The van der Waals surface area contributed by atoms with E-state index in [2.05, 4.69) is 5.32 Å². The molecule has 0 aliphatic heterocycles. The van der Waals surface area contributed by atoms with E-state index in [1.165, 1.54) is 4.31 Å². The summed E-state index contributed by atoms with van der Waals surface area (Å²) in [6.45, 7) is 6.68. The van der Waals surface area contributed by atoms with Crippen molar-refractivity contribution in [3.05, 3.63) is 59.7 Å². The molecule has 1 N–H and O–H groups in total. The highest BCUT2D eigenvalue weighted by atomic mass is 32.2. The average Bonchev–Trinajstić information content (AvgIpc) is 2.68. The van der Waals surface area contributed by atoms with Crippen LogP contribution in [0.2, 0.25) is 0 Å². The van der Waals surface area contributed by atoms with Gasteiger partial charge in [-0.25, -0.2) is 8.42 Å². The van der Waals surface area contributed by atoms with E-state index in [1.807, 2.05) is 31.2 Å². The lowest BCUT2D eigenvalue weighted by Crippen LogP contribution is -2.32. The van der Waals surface area contributed by atoms with Gasteiger partial charge in [-0.15, -0.1) is 0 Å². The van der Waals surface area contributed by atoms with Crippen molar-refractivity contribution in [1.82, 2.24) is 5.32 Å². The first-order chi connectivity index (χ1) is 12.9. The van der Waals surface area contributed by atoms with E-state index in [1.54, 1.807) is 38.1 Å². The SMILES string of the molecule is CCOc1ccc(CNC(=O)c2ccc(N(CC)S(=O)(=O)CC)cc2)cc1. The molecule has 2 aromatic rings. The minimum absolute atomic E-state index is 0.0329. The first kappa shape index (κ1) is 20.8. The Morgan fingerprint density at radius 3 is 2.15 bits per heavy atom. The topological polar surface area (TPSA) is 75.7 Å². The smallest absolute Gasteiger partial charge is 0.251 e. The molecule has 0 aliphatic rings. The highest BCUT2D eigenvalue weighted by molar-refractivity contribution is 7.92. The third kappa shape index (κ3) is 5.47. The van der Waals surface area contributed by atoms with E-state index in [-0.39, 0.29) is 11.7 Å². The van der Waals surface area contributed by atoms with Gasteiger partial charge in [0.15, 0.2) is 0 Å². The number of benzene rings is 2. The van der Waals surface area contributed by atoms with Crippen LogP contribution >= 0.6 is 0 Å². The number of nitrogens with zero attached hydrogens (tertiary/aromatic N) is 1. The molecule has 27 heavy (non-hydrogen) atoms. The quantitative estimate of drug-likeness (QED) is 0.713. The van der Waals surface area contributed by atoms with Crippen molar-refractivity contribution in [2.75, 3.05) is 23.2 Å². The lowest BCUT2D eigenvalue weighted by Gasteiger charge is -2.22. The number of carbonyl (C=O) groups is 1. The van der Waals surface area contributed by atoms with Gasteiger partial charge in [-0.1, -0.05) is 12.1 Å². The van der Waals surface area contributed by atoms with Gasteiger partial charge in [0.2, 0.25) is 10.0 Å². The van der Waals surface area contributed by atoms with E-state index in [4.69, 9.17) is 4.74 Å². The van der Waals surface area contributed by atoms with Gasteiger partial charge in [-0.3, -0.25) is 9.10 Å². The lowest BCUT2D eigenvalue weighted by molar-refractivity contribution is 0.0951. The zero-order chi connectivity index (χ0) is 19.9. The number of nitrogens with one attached hydrogen (secondary N) is 1. The normalized spacial score (nSPS) is 11.1. The molecule has 0 aliphatic carbocycles. The molecule has 0 atom stereocenters. The Labute approximate surface area is 161 Å². The number of hydrogen-bond acceptors (Lipinski definition) is 4. The molecule has 1 amide bonds. The molecule has 0 heterocycles. The molecule has 7 heteroatoms. The van der Waals surface area contributed by atoms with Crippen LogP contribution in [0.5, 0.6) is 5.75 Å². The summed E-state index contributed by atoms with van der Waals surface area (Å²) < 4.78 is 31.0. The summed E-state index contributed by atoms with van der Waals surface area (Å²) in [7, 11) is -3.33. The Bertz CT molecular complexity index is 847. The van der Waals surface area contributed by atoms with Gasteiger partial charge >= 0.3 is 0 Å². The molecule has 0 fully saturated rings. The number of carbonyl (C=O) groups excluding carboxylic acids is 1. The minimum Gasteiger partial charge on any atom is -0.494 e. The number of rotatable bonds is 9. The molecule has 0 aromatic heterocycles. The predicted octanol–water partition coefficient (Wildman–Crippen LogP) is 3.19. The number of anilines is 1. The maximum absolute atomic E-state index is 12.3. The Hall–Kier alpha value is -2.54. The molecule has 0 bridgehead atoms. The van der Waals surface area contributed by atoms with Crippen LogP contribution in [-0.4, -0.2) is 33.2 Å². The van der Waals surface area contributed by atoms with Crippen molar-refractivity contribution in [1.29, 1.82) is 0 Å². The van der Waals surface area contributed by atoms with Crippen LogP contribution in [0, 0.1) is 0 Å². The fourth-order valence-corrected chi connectivity index (χ4v) is 3.78. The van der Waals surface area contributed by atoms with Crippen molar-refractivity contribution in [3.8, 4) is 5.75 Å². The molecular formula is C20H26N2O4S. The Balaban J connectivity index is 2.00. The summed E-state index contributed by atoms with van der Waals surface area (Å²) in [5, 5.41) is 2.86. The van der Waals surface area contributed by atoms with Gasteiger partial charge in [0.05, 0.1) is 18.0 Å². The Morgan fingerprint density at radius 1 is 1.00 bits per heavy atom. The Kier molecular flexibility index (Phi) is 7.24. The third-order valence-electron chi connectivity index (χ3n) is 4.09. The van der Waals surface area contributed by atoms with Crippen LogP contribution in [0.25, 0.3) is 0 Å². The second-order valence-electron chi connectivity index (χ2n) is 5.87. The number of ether oxygens (including phenoxy) is 1. The van der Waals surface area contributed by atoms with E-state index in [0.717, 1.165) is 11.3 Å². The van der Waals surface area contributed by atoms with E-state index < -0.39 is 10.0 Å². The maximum atomic E-state index is 12.3. The molecule has 0 saturated heterocycles. The summed E-state index contributed by atoms with van der Waals surface area (Å²) >= 11 is 0. The Morgan fingerprint density at radius 2 is 1.63 bits per heavy atom. The molecule has 0 radical (unpaired) electrons. The second kappa shape index (κ2) is 9.41. The van der Waals surface area contributed by atoms with Gasteiger partial charge in [0.1, 0.15) is 5.75 Å². The zero-order valence-electron chi connectivity index (χ0n) is 15.9. The monoisotopic (exact) mass is 390 g/mol.